The third-order valence-electron chi connectivity index (χ3n) is 3.48. The van der Waals surface area contributed by atoms with E-state index in [1.807, 2.05) is 6.07 Å². The zero-order valence-corrected chi connectivity index (χ0v) is 11.8. The fourth-order valence-corrected chi connectivity index (χ4v) is 4.95. The molecule has 3 rings (SSSR count). The van der Waals surface area contributed by atoms with E-state index in [1.54, 1.807) is 0 Å². The molecule has 1 aliphatic carbocycles. The molecule has 1 unspecified atom stereocenters. The van der Waals surface area contributed by atoms with Crippen LogP contribution in [0.15, 0.2) is 42.5 Å². The van der Waals surface area contributed by atoms with E-state index in [9.17, 15) is 0 Å². The second-order valence-electron chi connectivity index (χ2n) is 4.80. The first kappa shape index (κ1) is 11.1. The summed E-state index contributed by atoms with van der Waals surface area (Å²) in [5.74, 6) is 0. The highest BCUT2D eigenvalue weighted by molar-refractivity contribution is 6.59. The summed E-state index contributed by atoms with van der Waals surface area (Å²) in [6.07, 6.45) is 0. The minimum atomic E-state index is -0.443. The monoisotopic (exact) mass is 257 g/mol. The Morgan fingerprint density at radius 1 is 0.941 bits per heavy atom. The molecule has 0 amide bonds. The first-order valence-corrected chi connectivity index (χ1v) is 8.83. The molecule has 85 valence electrons. The maximum Gasteiger partial charge on any atom is 0.0557 e. The minimum absolute atomic E-state index is 0.443. The van der Waals surface area contributed by atoms with Gasteiger partial charge < -0.3 is 0 Å². The van der Waals surface area contributed by atoms with Gasteiger partial charge in [0.25, 0.3) is 0 Å². The van der Waals surface area contributed by atoms with Crippen LogP contribution in [0.1, 0.15) is 16.7 Å². The normalized spacial score (nSPS) is 17.1. The Kier molecular flexibility index (Phi) is 2.61. The van der Waals surface area contributed by atoms with Crippen LogP contribution >= 0.6 is 11.6 Å². The van der Waals surface area contributed by atoms with Crippen LogP contribution in [0.4, 0.5) is 0 Å². The van der Waals surface area contributed by atoms with Gasteiger partial charge in [0, 0.05) is 10.6 Å². The summed E-state index contributed by atoms with van der Waals surface area (Å²) in [6, 6.07) is 15.0. The SMILES string of the molecule is C[Si](C)C1c2ccccc2-c2cccc(Cl)c21. The van der Waals surface area contributed by atoms with Gasteiger partial charge in [-0.2, -0.15) is 0 Å². The summed E-state index contributed by atoms with van der Waals surface area (Å²) in [4.78, 5) is 0. The average Bonchev–Trinajstić information content (AvgIpc) is 2.65. The number of hydrogen-bond acceptors (Lipinski definition) is 0. The molecule has 0 saturated heterocycles. The molecule has 0 aliphatic heterocycles. The molecule has 0 N–H and O–H groups in total. The lowest BCUT2D eigenvalue weighted by molar-refractivity contribution is 1.16. The van der Waals surface area contributed by atoms with Gasteiger partial charge in [-0.1, -0.05) is 61.1 Å². The van der Waals surface area contributed by atoms with Gasteiger partial charge in [-0.3, -0.25) is 0 Å². The zero-order valence-electron chi connectivity index (χ0n) is 10.00. The predicted octanol–water partition coefficient (Wildman–Crippen LogP) is 4.75. The summed E-state index contributed by atoms with van der Waals surface area (Å²) in [5, 5.41) is 0.926. The molecular formula is C15H14ClSi. The molecule has 1 aliphatic rings. The lowest BCUT2D eigenvalue weighted by atomic mass is 10.1. The van der Waals surface area contributed by atoms with Crippen LogP contribution in [0.25, 0.3) is 11.1 Å². The van der Waals surface area contributed by atoms with Crippen molar-refractivity contribution in [2.75, 3.05) is 0 Å². The van der Waals surface area contributed by atoms with Crippen molar-refractivity contribution in [1.82, 2.24) is 0 Å². The van der Waals surface area contributed by atoms with Gasteiger partial charge >= 0.3 is 0 Å². The third kappa shape index (κ3) is 1.57. The second-order valence-corrected chi connectivity index (χ2v) is 7.94. The van der Waals surface area contributed by atoms with Gasteiger partial charge in [-0.05, 0) is 28.3 Å². The highest BCUT2D eigenvalue weighted by Gasteiger charge is 2.32. The fraction of sp³-hybridized carbons (Fsp3) is 0.200. The molecule has 17 heavy (non-hydrogen) atoms. The molecule has 2 aromatic rings. The van der Waals surface area contributed by atoms with Crippen LogP contribution in [0.2, 0.25) is 18.1 Å². The Morgan fingerprint density at radius 2 is 1.65 bits per heavy atom. The van der Waals surface area contributed by atoms with Crippen molar-refractivity contribution in [1.29, 1.82) is 0 Å². The van der Waals surface area contributed by atoms with Gasteiger partial charge in [0.2, 0.25) is 0 Å². The average molecular weight is 258 g/mol. The van der Waals surface area contributed by atoms with Crippen molar-refractivity contribution in [3.63, 3.8) is 0 Å². The quantitative estimate of drug-likeness (QED) is 0.647. The number of halogens is 1. The number of fused-ring (bicyclic) bond motifs is 3. The van der Waals surface area contributed by atoms with Gasteiger partial charge in [0.05, 0.1) is 8.80 Å². The Labute approximate surface area is 109 Å². The molecule has 0 heterocycles. The van der Waals surface area contributed by atoms with Crippen LogP contribution in [0, 0.1) is 0 Å². The Bertz CT molecular complexity index is 575. The molecule has 2 heteroatoms. The lowest BCUT2D eigenvalue weighted by Gasteiger charge is -2.17. The van der Waals surface area contributed by atoms with Crippen molar-refractivity contribution >= 4 is 20.4 Å². The van der Waals surface area contributed by atoms with E-state index >= 15 is 0 Å². The highest BCUT2D eigenvalue weighted by atomic mass is 35.5. The van der Waals surface area contributed by atoms with E-state index in [4.69, 9.17) is 11.6 Å². The number of hydrogen-bond donors (Lipinski definition) is 0. The smallest absolute Gasteiger partial charge is 0.0557 e. The zero-order chi connectivity index (χ0) is 12.0. The Balaban J connectivity index is 2.34. The lowest BCUT2D eigenvalue weighted by Crippen LogP contribution is -2.15. The van der Waals surface area contributed by atoms with Gasteiger partial charge in [0.15, 0.2) is 0 Å². The molecule has 0 spiro atoms. The van der Waals surface area contributed by atoms with Crippen molar-refractivity contribution < 1.29 is 0 Å². The van der Waals surface area contributed by atoms with E-state index in [1.165, 1.54) is 22.3 Å². The summed E-state index contributed by atoms with van der Waals surface area (Å²) in [7, 11) is -0.443. The number of benzene rings is 2. The largest absolute Gasteiger partial charge is 0.0840 e. The Morgan fingerprint density at radius 3 is 2.41 bits per heavy atom. The van der Waals surface area contributed by atoms with Crippen LogP contribution in [0.3, 0.4) is 0 Å². The van der Waals surface area contributed by atoms with Gasteiger partial charge in [-0.25, -0.2) is 0 Å². The van der Waals surface area contributed by atoms with Crippen LogP contribution in [0.5, 0.6) is 0 Å². The summed E-state index contributed by atoms with van der Waals surface area (Å²) in [6.45, 7) is 4.73. The van der Waals surface area contributed by atoms with Crippen molar-refractivity contribution in [3.8, 4) is 11.1 Å². The molecular weight excluding hydrogens is 244 g/mol. The standard InChI is InChI=1S/C15H14ClSi/c1-17(2)15-12-7-4-3-6-10(12)11-8-5-9-13(16)14(11)15/h3-9,15H,1-2H3. The molecule has 0 fully saturated rings. The minimum Gasteiger partial charge on any atom is -0.0840 e. The molecule has 1 radical (unpaired) electrons. The van der Waals surface area contributed by atoms with Crippen molar-refractivity contribution in [3.05, 3.63) is 58.6 Å². The summed E-state index contributed by atoms with van der Waals surface area (Å²) >= 11 is 6.41. The van der Waals surface area contributed by atoms with Gasteiger partial charge in [-0.15, -0.1) is 0 Å². The highest BCUT2D eigenvalue weighted by Crippen LogP contribution is 2.48. The van der Waals surface area contributed by atoms with Crippen LogP contribution in [-0.4, -0.2) is 8.80 Å². The van der Waals surface area contributed by atoms with Crippen molar-refractivity contribution in [2.45, 2.75) is 18.6 Å². The topological polar surface area (TPSA) is 0 Å². The summed E-state index contributed by atoms with van der Waals surface area (Å²) < 4.78 is 0. The van der Waals surface area contributed by atoms with E-state index in [2.05, 4.69) is 49.5 Å². The molecule has 0 bridgehead atoms. The van der Waals surface area contributed by atoms with Gasteiger partial charge in [0.1, 0.15) is 0 Å². The summed E-state index contributed by atoms with van der Waals surface area (Å²) in [5.41, 5.74) is 6.08. The number of rotatable bonds is 1. The van der Waals surface area contributed by atoms with E-state index < -0.39 is 8.80 Å². The first-order valence-electron chi connectivity index (χ1n) is 5.88. The molecule has 0 aromatic heterocycles. The molecule has 0 saturated carbocycles. The third-order valence-corrected chi connectivity index (χ3v) is 5.56. The Hall–Kier alpha value is -1.05. The van der Waals surface area contributed by atoms with Crippen molar-refractivity contribution in [2.24, 2.45) is 0 Å². The molecule has 0 nitrogen and oxygen atoms in total. The maximum atomic E-state index is 6.41. The van der Waals surface area contributed by atoms with E-state index in [0.29, 0.717) is 5.54 Å². The fourth-order valence-electron chi connectivity index (χ4n) is 2.81. The van der Waals surface area contributed by atoms with Crippen LogP contribution in [-0.2, 0) is 0 Å². The maximum absolute atomic E-state index is 6.41. The van der Waals surface area contributed by atoms with E-state index in [-0.39, 0.29) is 0 Å². The second kappa shape index (κ2) is 4.00. The van der Waals surface area contributed by atoms with Crippen LogP contribution < -0.4 is 0 Å². The van der Waals surface area contributed by atoms with E-state index in [0.717, 1.165) is 5.02 Å². The molecule has 1 atom stereocenters. The molecule has 2 aromatic carbocycles. The predicted molar refractivity (Wildman–Crippen MR) is 76.2 cm³/mol. The first-order chi connectivity index (χ1) is 8.20.